The van der Waals surface area contributed by atoms with E-state index in [2.05, 4.69) is 31.2 Å². The highest BCUT2D eigenvalue weighted by atomic mass is 16.4. The van der Waals surface area contributed by atoms with E-state index in [0.29, 0.717) is 25.1 Å². The van der Waals surface area contributed by atoms with E-state index in [1.807, 2.05) is 27.7 Å². The SMILES string of the molecule is CC(C)C[C@H](NC(=O)[C@H](CCCCN)NC(=O)[C@H](Cc1cnc[nH]1)NC(=O)[C@H](CC(C)C)NC(=O)[C@@H](N)CCC(=O)O)C(=O)O. The van der Waals surface area contributed by atoms with Gasteiger partial charge in [-0.3, -0.25) is 24.0 Å². The van der Waals surface area contributed by atoms with E-state index in [-0.39, 0.29) is 50.4 Å². The van der Waals surface area contributed by atoms with Gasteiger partial charge in [0, 0.05) is 24.7 Å². The third-order valence-corrected chi connectivity index (χ3v) is 6.86. The van der Waals surface area contributed by atoms with Gasteiger partial charge in [0.05, 0.1) is 12.4 Å². The van der Waals surface area contributed by atoms with E-state index in [0.717, 1.165) is 0 Å². The molecule has 16 nitrogen and oxygen atoms in total. The number of aromatic nitrogens is 2. The number of unbranched alkanes of at least 4 members (excludes halogenated alkanes) is 1. The predicted molar refractivity (Wildman–Crippen MR) is 164 cm³/mol. The van der Waals surface area contributed by atoms with Crippen LogP contribution >= 0.6 is 0 Å². The summed E-state index contributed by atoms with van der Waals surface area (Å²) in [5.41, 5.74) is 11.9. The molecule has 0 bridgehead atoms. The number of carbonyl (C=O) groups excluding carboxylic acids is 4. The van der Waals surface area contributed by atoms with Crippen LogP contribution in [-0.2, 0) is 35.2 Å². The number of aromatic amines is 1. The minimum absolute atomic E-state index is 0.0170. The van der Waals surface area contributed by atoms with Gasteiger partial charge in [0.2, 0.25) is 23.6 Å². The smallest absolute Gasteiger partial charge is 0.326 e. The van der Waals surface area contributed by atoms with E-state index < -0.39 is 65.8 Å². The Bertz CT molecular complexity index is 1110. The average Bonchev–Trinajstić information content (AvgIpc) is 3.46. The topological polar surface area (TPSA) is 272 Å². The monoisotopic (exact) mass is 638 g/mol. The van der Waals surface area contributed by atoms with Gasteiger partial charge >= 0.3 is 11.9 Å². The third-order valence-electron chi connectivity index (χ3n) is 6.86. The highest BCUT2D eigenvalue weighted by Crippen LogP contribution is 2.10. The highest BCUT2D eigenvalue weighted by molar-refractivity contribution is 5.95. The lowest BCUT2D eigenvalue weighted by Crippen LogP contribution is -2.59. The Kier molecular flexibility index (Phi) is 17.4. The summed E-state index contributed by atoms with van der Waals surface area (Å²) >= 11 is 0. The Hall–Kier alpha value is -4.05. The average molecular weight is 639 g/mol. The summed E-state index contributed by atoms with van der Waals surface area (Å²) in [6.07, 6.45) is 3.96. The number of aliphatic carboxylic acids is 2. The first kappa shape index (κ1) is 39.0. The molecule has 0 unspecified atom stereocenters. The van der Waals surface area contributed by atoms with Crippen LogP contribution in [0.3, 0.4) is 0 Å². The first-order chi connectivity index (χ1) is 21.1. The van der Waals surface area contributed by atoms with Crippen LogP contribution in [0, 0.1) is 11.8 Å². The van der Waals surface area contributed by atoms with Gasteiger partial charge in [-0.15, -0.1) is 0 Å². The van der Waals surface area contributed by atoms with Crippen LogP contribution in [0.2, 0.25) is 0 Å². The first-order valence-corrected chi connectivity index (χ1v) is 15.2. The lowest BCUT2D eigenvalue weighted by molar-refractivity contribution is -0.143. The maximum atomic E-state index is 13.6. The zero-order valence-corrected chi connectivity index (χ0v) is 26.5. The number of carbonyl (C=O) groups is 6. The second kappa shape index (κ2) is 20.1. The van der Waals surface area contributed by atoms with E-state index >= 15 is 0 Å². The maximum absolute atomic E-state index is 13.6. The highest BCUT2D eigenvalue weighted by Gasteiger charge is 2.32. The van der Waals surface area contributed by atoms with E-state index in [1.54, 1.807) is 0 Å². The molecule has 0 aliphatic carbocycles. The van der Waals surface area contributed by atoms with Crippen molar-refractivity contribution in [1.29, 1.82) is 0 Å². The molecule has 1 aromatic heterocycles. The summed E-state index contributed by atoms with van der Waals surface area (Å²) in [4.78, 5) is 82.5. The fourth-order valence-corrected chi connectivity index (χ4v) is 4.49. The number of rotatable bonds is 22. The van der Waals surface area contributed by atoms with Crippen molar-refractivity contribution in [3.63, 3.8) is 0 Å². The minimum atomic E-state index is -1.22. The molecule has 0 aromatic carbocycles. The number of H-pyrrole nitrogens is 1. The number of nitrogens with one attached hydrogen (secondary N) is 5. The van der Waals surface area contributed by atoms with Crippen molar-refractivity contribution in [2.75, 3.05) is 6.54 Å². The molecule has 1 rings (SSSR count). The van der Waals surface area contributed by atoms with Gasteiger partial charge < -0.3 is 47.9 Å². The van der Waals surface area contributed by atoms with Crippen LogP contribution in [0.5, 0.6) is 0 Å². The molecule has 1 aromatic rings. The second-order valence-electron chi connectivity index (χ2n) is 11.9. The van der Waals surface area contributed by atoms with E-state index in [4.69, 9.17) is 16.6 Å². The maximum Gasteiger partial charge on any atom is 0.326 e. The van der Waals surface area contributed by atoms with Crippen molar-refractivity contribution in [3.05, 3.63) is 18.2 Å². The molecular weight excluding hydrogens is 588 g/mol. The largest absolute Gasteiger partial charge is 0.481 e. The molecule has 11 N–H and O–H groups in total. The zero-order chi connectivity index (χ0) is 34.1. The molecular formula is C29H50N8O8. The molecule has 0 aliphatic heterocycles. The molecule has 5 atom stereocenters. The molecule has 0 spiro atoms. The van der Waals surface area contributed by atoms with Gasteiger partial charge in [-0.05, 0) is 56.9 Å². The van der Waals surface area contributed by atoms with Crippen molar-refractivity contribution >= 4 is 35.6 Å². The number of carboxylic acids is 2. The van der Waals surface area contributed by atoms with Gasteiger partial charge in [-0.25, -0.2) is 9.78 Å². The molecule has 0 radical (unpaired) electrons. The van der Waals surface area contributed by atoms with Gasteiger partial charge in [0.15, 0.2) is 0 Å². The van der Waals surface area contributed by atoms with Crippen molar-refractivity contribution < 1.29 is 39.0 Å². The summed E-state index contributed by atoms with van der Waals surface area (Å²) < 4.78 is 0. The molecule has 0 saturated heterocycles. The second-order valence-corrected chi connectivity index (χ2v) is 11.9. The molecule has 0 aliphatic rings. The van der Waals surface area contributed by atoms with Crippen molar-refractivity contribution in [1.82, 2.24) is 31.2 Å². The molecule has 16 heteroatoms. The lowest BCUT2D eigenvalue weighted by Gasteiger charge is -2.27. The van der Waals surface area contributed by atoms with Crippen LogP contribution in [-0.4, -0.2) is 92.5 Å². The molecule has 4 amide bonds. The Labute approximate surface area is 263 Å². The number of nitrogens with two attached hydrogens (primary N) is 2. The van der Waals surface area contributed by atoms with Crippen molar-refractivity contribution in [2.45, 2.75) is 109 Å². The van der Waals surface area contributed by atoms with Crippen molar-refractivity contribution in [3.8, 4) is 0 Å². The molecule has 0 saturated carbocycles. The van der Waals surface area contributed by atoms with E-state index in [9.17, 15) is 33.9 Å². The summed E-state index contributed by atoms with van der Waals surface area (Å²) in [6, 6.07) is -5.75. The molecule has 45 heavy (non-hydrogen) atoms. The number of amides is 4. The Morgan fingerprint density at radius 1 is 0.778 bits per heavy atom. The van der Waals surface area contributed by atoms with Gasteiger partial charge in [-0.2, -0.15) is 0 Å². The molecule has 0 fully saturated rings. The summed E-state index contributed by atoms with van der Waals surface area (Å²) in [5, 5.41) is 28.9. The zero-order valence-electron chi connectivity index (χ0n) is 26.5. The molecule has 254 valence electrons. The number of imidazole rings is 1. The minimum Gasteiger partial charge on any atom is -0.481 e. The van der Waals surface area contributed by atoms with Crippen LogP contribution < -0.4 is 32.7 Å². The summed E-state index contributed by atoms with van der Waals surface area (Å²) in [7, 11) is 0. The Morgan fingerprint density at radius 3 is 1.84 bits per heavy atom. The van der Waals surface area contributed by atoms with Gasteiger partial charge in [0.1, 0.15) is 24.2 Å². The van der Waals surface area contributed by atoms with E-state index in [1.165, 1.54) is 12.5 Å². The van der Waals surface area contributed by atoms with Crippen LogP contribution in [0.25, 0.3) is 0 Å². The Balaban J connectivity index is 3.21. The predicted octanol–water partition coefficient (Wildman–Crippen LogP) is -0.611. The fourth-order valence-electron chi connectivity index (χ4n) is 4.49. The summed E-state index contributed by atoms with van der Waals surface area (Å²) in [5.74, 6) is -5.18. The number of carboxylic acid groups (broad SMARTS) is 2. The van der Waals surface area contributed by atoms with Crippen LogP contribution in [0.4, 0.5) is 0 Å². The van der Waals surface area contributed by atoms with Crippen molar-refractivity contribution in [2.24, 2.45) is 23.3 Å². The first-order valence-electron chi connectivity index (χ1n) is 15.2. The Morgan fingerprint density at radius 2 is 1.31 bits per heavy atom. The number of hydrogen-bond donors (Lipinski definition) is 9. The van der Waals surface area contributed by atoms with Gasteiger partial charge in [0.25, 0.3) is 0 Å². The fraction of sp³-hybridized carbons (Fsp3) is 0.690. The lowest BCUT2D eigenvalue weighted by atomic mass is 10.0. The normalized spacial score (nSPS) is 14.6. The standard InChI is InChI=1S/C29H50N8O8/c1-16(2)11-21(35-25(40)19(31)8-9-24(38)39)27(42)36-22(13-18-14-32-15-33-18)28(43)34-20(7-5-6-10-30)26(41)37-23(29(44)45)12-17(3)4/h14-17,19-23H,5-13,30-31H2,1-4H3,(H,32,33)(H,34,43)(H,35,40)(H,36,42)(H,37,41)(H,38,39)(H,44,45)/t19-,20-,21-,22-,23-/m0/s1. The summed E-state index contributed by atoms with van der Waals surface area (Å²) in [6.45, 7) is 7.67. The van der Waals surface area contributed by atoms with Crippen LogP contribution in [0.15, 0.2) is 12.5 Å². The number of hydrogen-bond acceptors (Lipinski definition) is 9. The van der Waals surface area contributed by atoms with Gasteiger partial charge in [-0.1, -0.05) is 27.7 Å². The number of nitrogens with zero attached hydrogens (tertiary/aromatic N) is 1. The molecule has 1 heterocycles. The quantitative estimate of drug-likeness (QED) is 0.0723. The third kappa shape index (κ3) is 15.5. The van der Waals surface area contributed by atoms with Crippen LogP contribution in [0.1, 0.15) is 78.3 Å².